The number of para-hydroxylation sites is 2. The number of hydrogen-bond donors (Lipinski definition) is 2. The highest BCUT2D eigenvalue weighted by Crippen LogP contribution is 2.39. The van der Waals surface area contributed by atoms with E-state index in [4.69, 9.17) is 14.2 Å². The molecule has 0 aliphatic heterocycles. The summed E-state index contributed by atoms with van der Waals surface area (Å²) in [6.45, 7) is 3.01. The molecule has 0 radical (unpaired) electrons. The van der Waals surface area contributed by atoms with Crippen LogP contribution < -0.4 is 9.47 Å². The molecule has 2 aromatic heterocycles. The summed E-state index contributed by atoms with van der Waals surface area (Å²) < 4.78 is 17.9. The molecule has 2 N–H and O–H groups in total. The molecule has 0 saturated carbocycles. The molecule has 0 unspecified atom stereocenters. The smallest absolute Gasteiger partial charge is 0.318 e. The second kappa shape index (κ2) is 11.4. The number of rotatable bonds is 10. The molecule has 0 amide bonds. The maximum absolute atomic E-state index is 13.5. The van der Waals surface area contributed by atoms with Gasteiger partial charge in [0.05, 0.1) is 17.6 Å². The summed E-state index contributed by atoms with van der Waals surface area (Å²) in [4.78, 5) is 20.2. The van der Waals surface area contributed by atoms with E-state index >= 15 is 0 Å². The molecule has 200 valence electrons. The number of ether oxygens (including phenoxy) is 3. The fraction of sp³-hybridized carbons (Fsp3) is 0.147. The summed E-state index contributed by atoms with van der Waals surface area (Å²) in [7, 11) is 0. The molecule has 6 nitrogen and oxygen atoms in total. The van der Waals surface area contributed by atoms with E-state index in [2.05, 4.69) is 9.97 Å². The molecule has 6 heteroatoms. The number of hydrogen-bond acceptors (Lipinski definition) is 4. The van der Waals surface area contributed by atoms with E-state index in [0.717, 1.165) is 55.6 Å². The van der Waals surface area contributed by atoms with Gasteiger partial charge in [-0.25, -0.2) is 0 Å². The van der Waals surface area contributed by atoms with Crippen molar-refractivity contribution >= 4 is 27.8 Å². The van der Waals surface area contributed by atoms with Gasteiger partial charge in [-0.2, -0.15) is 0 Å². The normalized spacial score (nSPS) is 11.2. The van der Waals surface area contributed by atoms with Gasteiger partial charge in [0.25, 0.3) is 0 Å². The maximum atomic E-state index is 13.5. The molecule has 0 aliphatic carbocycles. The lowest BCUT2D eigenvalue weighted by molar-refractivity contribution is -0.143. The molecule has 40 heavy (non-hydrogen) atoms. The third kappa shape index (κ3) is 5.04. The minimum Gasteiger partial charge on any atom is -0.487 e. The molecule has 4 aromatic carbocycles. The minimum absolute atomic E-state index is 0.289. The summed E-state index contributed by atoms with van der Waals surface area (Å²) in [6, 6.07) is 31.9. The Kier molecular flexibility index (Phi) is 7.22. The van der Waals surface area contributed by atoms with Crippen LogP contribution in [0, 0.1) is 0 Å². The Morgan fingerprint density at radius 1 is 0.650 bits per heavy atom. The first-order valence-corrected chi connectivity index (χ1v) is 13.4. The number of nitrogens with one attached hydrogen (secondary N) is 2. The zero-order valence-corrected chi connectivity index (χ0v) is 22.2. The van der Waals surface area contributed by atoms with Crippen molar-refractivity contribution in [3.05, 3.63) is 132 Å². The maximum Gasteiger partial charge on any atom is 0.318 e. The van der Waals surface area contributed by atoms with Crippen LogP contribution in [0.15, 0.2) is 109 Å². The second-order valence-corrected chi connectivity index (χ2v) is 9.58. The van der Waals surface area contributed by atoms with E-state index in [1.54, 1.807) is 0 Å². The molecular weight excluding hydrogens is 500 g/mol. The van der Waals surface area contributed by atoms with Crippen molar-refractivity contribution in [2.24, 2.45) is 0 Å². The Morgan fingerprint density at radius 3 is 1.57 bits per heavy atom. The van der Waals surface area contributed by atoms with Gasteiger partial charge >= 0.3 is 5.97 Å². The number of carbonyl (C=O) groups excluding carboxylic acids is 1. The molecule has 0 aliphatic rings. The zero-order valence-electron chi connectivity index (χ0n) is 22.2. The van der Waals surface area contributed by atoms with E-state index in [-0.39, 0.29) is 12.6 Å². The zero-order chi connectivity index (χ0) is 27.3. The fourth-order valence-electron chi connectivity index (χ4n) is 5.13. The van der Waals surface area contributed by atoms with Crippen molar-refractivity contribution < 1.29 is 19.0 Å². The fourth-order valence-corrected chi connectivity index (χ4v) is 5.13. The monoisotopic (exact) mass is 530 g/mol. The minimum atomic E-state index is -0.642. The Labute approximate surface area is 232 Å². The van der Waals surface area contributed by atoms with Crippen LogP contribution in [0.4, 0.5) is 0 Å². The van der Waals surface area contributed by atoms with Crippen LogP contribution in [0.2, 0.25) is 0 Å². The van der Waals surface area contributed by atoms with Gasteiger partial charge in [-0.15, -0.1) is 0 Å². The molecular formula is C34H30N2O4. The lowest BCUT2D eigenvalue weighted by Crippen LogP contribution is -2.17. The van der Waals surface area contributed by atoms with Crippen molar-refractivity contribution in [1.82, 2.24) is 9.97 Å². The lowest BCUT2D eigenvalue weighted by atomic mass is 9.90. The van der Waals surface area contributed by atoms with Crippen molar-refractivity contribution in [1.29, 1.82) is 0 Å². The van der Waals surface area contributed by atoms with E-state index < -0.39 is 5.92 Å². The van der Waals surface area contributed by atoms with Gasteiger partial charge in [0, 0.05) is 23.2 Å². The van der Waals surface area contributed by atoms with Gasteiger partial charge in [0.15, 0.2) is 0 Å². The van der Waals surface area contributed by atoms with Crippen LogP contribution in [0.1, 0.15) is 35.1 Å². The van der Waals surface area contributed by atoms with Gasteiger partial charge in [-0.3, -0.25) is 4.79 Å². The standard InChI is InChI=1S/C34H30N2O4/c1-2-38-34(37)31(27-19-35-32-25(27)15-9-17-29(32)39-21-23-11-5-3-6-12-23)28-20-36-33-26(28)16-10-18-30(33)40-22-24-13-7-4-8-14-24/h3-20,31,35-36H,2,21-22H2,1H3. The Morgan fingerprint density at radius 2 is 1.12 bits per heavy atom. The van der Waals surface area contributed by atoms with Crippen molar-refractivity contribution in [2.45, 2.75) is 26.1 Å². The van der Waals surface area contributed by atoms with E-state index in [9.17, 15) is 4.79 Å². The average Bonchev–Trinajstić information content (AvgIpc) is 3.62. The Bertz CT molecular complexity index is 1620. The third-order valence-corrected chi connectivity index (χ3v) is 7.04. The highest BCUT2D eigenvalue weighted by molar-refractivity contribution is 5.99. The SMILES string of the molecule is CCOC(=O)C(c1c[nH]c2c(OCc3ccccc3)cccc12)c1c[nH]c2c(OCc3ccccc3)cccc12. The summed E-state index contributed by atoms with van der Waals surface area (Å²) >= 11 is 0. The van der Waals surface area contributed by atoms with Gasteiger partial charge in [0.2, 0.25) is 0 Å². The van der Waals surface area contributed by atoms with Crippen LogP contribution in [0.25, 0.3) is 21.8 Å². The highest BCUT2D eigenvalue weighted by Gasteiger charge is 2.30. The first-order valence-electron chi connectivity index (χ1n) is 13.4. The van der Waals surface area contributed by atoms with Crippen molar-refractivity contribution in [3.8, 4) is 11.5 Å². The number of H-pyrrole nitrogens is 2. The van der Waals surface area contributed by atoms with Gasteiger partial charge in [-0.05, 0) is 41.3 Å². The molecule has 6 rings (SSSR count). The average molecular weight is 531 g/mol. The van der Waals surface area contributed by atoms with Gasteiger partial charge in [0.1, 0.15) is 30.6 Å². The molecule has 0 atom stereocenters. The van der Waals surface area contributed by atoms with E-state index in [0.29, 0.717) is 13.2 Å². The molecule has 0 spiro atoms. The van der Waals surface area contributed by atoms with Crippen molar-refractivity contribution in [3.63, 3.8) is 0 Å². The quantitative estimate of drug-likeness (QED) is 0.180. The predicted octanol–water partition coefficient (Wildman–Crippen LogP) is 7.50. The Balaban J connectivity index is 1.36. The number of carbonyl (C=O) groups is 1. The number of benzene rings is 4. The third-order valence-electron chi connectivity index (χ3n) is 7.04. The number of aromatic amines is 2. The molecule has 6 aromatic rings. The first kappa shape index (κ1) is 25.3. The van der Waals surface area contributed by atoms with Gasteiger partial charge < -0.3 is 24.2 Å². The van der Waals surface area contributed by atoms with Crippen molar-refractivity contribution in [2.75, 3.05) is 6.61 Å². The second-order valence-electron chi connectivity index (χ2n) is 9.58. The highest BCUT2D eigenvalue weighted by atomic mass is 16.5. The summed E-state index contributed by atoms with van der Waals surface area (Å²) in [5.41, 5.74) is 5.51. The summed E-state index contributed by atoms with van der Waals surface area (Å²) in [5.74, 6) is 0.503. The molecule has 2 heterocycles. The van der Waals surface area contributed by atoms with E-state index in [1.807, 2.05) is 116 Å². The molecule has 0 saturated heterocycles. The van der Waals surface area contributed by atoms with Gasteiger partial charge in [-0.1, -0.05) is 84.9 Å². The van der Waals surface area contributed by atoms with Crippen LogP contribution in [-0.2, 0) is 22.7 Å². The Hall–Kier alpha value is -4.97. The van der Waals surface area contributed by atoms with Crippen LogP contribution in [-0.4, -0.2) is 22.5 Å². The summed E-state index contributed by atoms with van der Waals surface area (Å²) in [6.07, 6.45) is 3.77. The first-order chi connectivity index (χ1) is 19.7. The number of fused-ring (bicyclic) bond motifs is 2. The number of esters is 1. The van der Waals surface area contributed by atoms with Crippen LogP contribution >= 0.6 is 0 Å². The molecule has 0 bridgehead atoms. The predicted molar refractivity (Wildman–Crippen MR) is 157 cm³/mol. The largest absolute Gasteiger partial charge is 0.487 e. The van der Waals surface area contributed by atoms with Crippen LogP contribution in [0.3, 0.4) is 0 Å². The van der Waals surface area contributed by atoms with E-state index in [1.165, 1.54) is 0 Å². The number of aromatic nitrogens is 2. The molecule has 0 fully saturated rings. The topological polar surface area (TPSA) is 76.3 Å². The van der Waals surface area contributed by atoms with Crippen LogP contribution in [0.5, 0.6) is 11.5 Å². The lowest BCUT2D eigenvalue weighted by Gasteiger charge is -2.16. The summed E-state index contributed by atoms with van der Waals surface area (Å²) in [5, 5.41) is 1.82.